The Morgan fingerprint density at radius 3 is 2.27 bits per heavy atom. The maximum atomic E-state index is 11.0. The molecule has 0 fully saturated rings. The predicted octanol–water partition coefficient (Wildman–Crippen LogP) is 1.67. The Morgan fingerprint density at radius 2 is 1.91 bits per heavy atom. The topological polar surface area (TPSA) is 40.1 Å². The highest BCUT2D eigenvalue weighted by atomic mass is 16.6. The predicted molar refractivity (Wildman–Crippen MR) is 44.6 cm³/mol. The van der Waals surface area contributed by atoms with Crippen LogP contribution in [0.5, 0.6) is 0 Å². The van der Waals surface area contributed by atoms with Gasteiger partial charge in [0.2, 0.25) is 0 Å². The number of hydroxylamine groups is 3. The Hall–Kier alpha value is -0.410. The molecule has 0 unspecified atom stereocenters. The highest BCUT2D eigenvalue weighted by molar-refractivity contribution is 5.68. The number of carbonyl (C=O) groups is 1. The molecule has 0 aromatic heterocycles. The maximum Gasteiger partial charge on any atom is 0.313 e. The normalized spacial score (nSPS) is 11.6. The lowest BCUT2D eigenvalue weighted by Gasteiger charge is -2.30. The van der Waals surface area contributed by atoms with Gasteiger partial charge in [-0.2, -0.15) is 0 Å². The van der Waals surface area contributed by atoms with E-state index in [0.29, 0.717) is 6.42 Å². The Kier molecular flexibility index (Phi) is 4.30. The fourth-order valence-corrected chi connectivity index (χ4v) is 0.795. The SMILES string of the molecule is CCCCCC(=O)[N+](C)(C)[O-]. The molecule has 0 saturated heterocycles. The molecule has 3 heteroatoms. The average Bonchev–Trinajstić information content (AvgIpc) is 1.86. The van der Waals surface area contributed by atoms with Crippen LogP contribution in [0.2, 0.25) is 0 Å². The molecule has 0 N–H and O–H groups in total. The quantitative estimate of drug-likeness (QED) is 0.355. The number of nitrogens with zero attached hydrogens (tertiary/aromatic N) is 1. The molecule has 0 heterocycles. The van der Waals surface area contributed by atoms with Crippen LogP contribution in [0.3, 0.4) is 0 Å². The first kappa shape index (κ1) is 10.6. The van der Waals surface area contributed by atoms with Crippen LogP contribution in [0.1, 0.15) is 32.6 Å². The van der Waals surface area contributed by atoms with Crippen molar-refractivity contribution < 1.29 is 9.44 Å². The van der Waals surface area contributed by atoms with Crippen LogP contribution >= 0.6 is 0 Å². The second-order valence-electron chi connectivity index (χ2n) is 3.20. The minimum absolute atomic E-state index is 0.224. The molecule has 66 valence electrons. The van der Waals surface area contributed by atoms with Crippen molar-refractivity contribution in [2.45, 2.75) is 32.6 Å². The van der Waals surface area contributed by atoms with Crippen LogP contribution in [0.25, 0.3) is 0 Å². The van der Waals surface area contributed by atoms with E-state index in [9.17, 15) is 10.0 Å². The van der Waals surface area contributed by atoms with Crippen molar-refractivity contribution >= 4 is 5.91 Å². The summed E-state index contributed by atoms with van der Waals surface area (Å²) in [4.78, 5) is 11.0. The molecule has 0 rings (SSSR count). The summed E-state index contributed by atoms with van der Waals surface area (Å²) >= 11 is 0. The van der Waals surface area contributed by atoms with Gasteiger partial charge in [0, 0.05) is 0 Å². The van der Waals surface area contributed by atoms with Gasteiger partial charge in [0.05, 0.1) is 20.5 Å². The molecular weight excluding hydrogens is 142 g/mol. The molecule has 0 saturated carbocycles. The molecule has 0 aliphatic heterocycles. The van der Waals surface area contributed by atoms with Crippen LogP contribution in [-0.4, -0.2) is 24.6 Å². The molecule has 3 nitrogen and oxygen atoms in total. The lowest BCUT2D eigenvalue weighted by atomic mass is 10.2. The summed E-state index contributed by atoms with van der Waals surface area (Å²) in [5.41, 5.74) is 0. The van der Waals surface area contributed by atoms with Gasteiger partial charge >= 0.3 is 5.91 Å². The summed E-state index contributed by atoms with van der Waals surface area (Å²) in [7, 11) is 2.74. The summed E-state index contributed by atoms with van der Waals surface area (Å²) in [6, 6.07) is 0. The zero-order valence-corrected chi connectivity index (χ0v) is 7.59. The van der Waals surface area contributed by atoms with E-state index in [1.807, 2.05) is 0 Å². The third-order valence-electron chi connectivity index (χ3n) is 1.59. The van der Waals surface area contributed by atoms with Crippen LogP contribution < -0.4 is 0 Å². The standard InChI is InChI=1S/C8H17NO2/c1-4-5-6-7-8(10)9(2,3)11/h4-7H2,1-3H3. The molecule has 0 radical (unpaired) electrons. The van der Waals surface area contributed by atoms with Crippen molar-refractivity contribution in [3.05, 3.63) is 5.21 Å². The molecule has 0 aromatic carbocycles. The summed E-state index contributed by atoms with van der Waals surface area (Å²) in [5, 5.41) is 11.0. The summed E-state index contributed by atoms with van der Waals surface area (Å²) in [6.45, 7) is 2.07. The van der Waals surface area contributed by atoms with E-state index in [2.05, 4.69) is 6.92 Å². The van der Waals surface area contributed by atoms with E-state index in [1.54, 1.807) is 0 Å². The Labute approximate surface area is 68.2 Å². The molecule has 0 aliphatic rings. The number of hydrogen-bond acceptors (Lipinski definition) is 2. The summed E-state index contributed by atoms with van der Waals surface area (Å²) in [6.07, 6.45) is 3.38. The lowest BCUT2D eigenvalue weighted by Crippen LogP contribution is -2.38. The van der Waals surface area contributed by atoms with Gasteiger partial charge in [0.15, 0.2) is 0 Å². The monoisotopic (exact) mass is 159 g/mol. The van der Waals surface area contributed by atoms with Crippen molar-refractivity contribution in [2.24, 2.45) is 0 Å². The van der Waals surface area contributed by atoms with Gasteiger partial charge in [-0.3, -0.25) is 0 Å². The Morgan fingerprint density at radius 1 is 1.36 bits per heavy atom. The molecule has 0 bridgehead atoms. The molecule has 0 atom stereocenters. The average molecular weight is 159 g/mol. The van der Waals surface area contributed by atoms with Crippen LogP contribution in [-0.2, 0) is 4.79 Å². The van der Waals surface area contributed by atoms with Gasteiger partial charge in [-0.05, 0) is 6.42 Å². The third kappa shape index (κ3) is 4.93. The van der Waals surface area contributed by atoms with Crippen LogP contribution in [0, 0.1) is 5.21 Å². The van der Waals surface area contributed by atoms with Crippen molar-refractivity contribution in [3.63, 3.8) is 0 Å². The van der Waals surface area contributed by atoms with E-state index in [-0.39, 0.29) is 5.91 Å². The van der Waals surface area contributed by atoms with E-state index in [1.165, 1.54) is 14.1 Å². The first-order chi connectivity index (χ1) is 4.98. The zero-order chi connectivity index (χ0) is 8.91. The van der Waals surface area contributed by atoms with Crippen LogP contribution in [0.15, 0.2) is 0 Å². The fraction of sp³-hybridized carbons (Fsp3) is 0.875. The molecule has 0 aromatic rings. The van der Waals surface area contributed by atoms with E-state index in [4.69, 9.17) is 0 Å². The van der Waals surface area contributed by atoms with Crippen molar-refractivity contribution in [1.29, 1.82) is 0 Å². The van der Waals surface area contributed by atoms with Gasteiger partial charge in [-0.25, -0.2) is 4.79 Å². The minimum Gasteiger partial charge on any atom is -0.626 e. The minimum atomic E-state index is -0.788. The molecule has 0 spiro atoms. The maximum absolute atomic E-state index is 11.0. The van der Waals surface area contributed by atoms with E-state index >= 15 is 0 Å². The zero-order valence-electron chi connectivity index (χ0n) is 7.59. The van der Waals surface area contributed by atoms with Gasteiger partial charge < -0.3 is 9.85 Å². The summed E-state index contributed by atoms with van der Waals surface area (Å²) in [5.74, 6) is -0.224. The molecule has 0 aliphatic carbocycles. The fourth-order valence-electron chi connectivity index (χ4n) is 0.795. The molecule has 1 amide bonds. The smallest absolute Gasteiger partial charge is 0.313 e. The highest BCUT2D eigenvalue weighted by Gasteiger charge is 2.14. The molecular formula is C8H17NO2. The second kappa shape index (κ2) is 4.46. The van der Waals surface area contributed by atoms with Crippen molar-refractivity contribution in [3.8, 4) is 0 Å². The van der Waals surface area contributed by atoms with Gasteiger partial charge in [-0.15, -0.1) is 0 Å². The number of rotatable bonds is 4. The third-order valence-corrected chi connectivity index (χ3v) is 1.59. The number of hydrogen-bond donors (Lipinski definition) is 0. The first-order valence-electron chi connectivity index (χ1n) is 4.07. The highest BCUT2D eigenvalue weighted by Crippen LogP contribution is 2.05. The lowest BCUT2D eigenvalue weighted by molar-refractivity contribution is -0.760. The van der Waals surface area contributed by atoms with E-state index < -0.39 is 4.65 Å². The number of quaternary nitrogens is 1. The number of unbranched alkanes of at least 4 members (excludes halogenated alkanes) is 2. The van der Waals surface area contributed by atoms with Gasteiger partial charge in [0.25, 0.3) is 0 Å². The second-order valence-corrected chi connectivity index (χ2v) is 3.20. The summed E-state index contributed by atoms with van der Waals surface area (Å²) < 4.78 is -0.788. The Balaban J connectivity index is 3.54. The number of amides is 1. The Bertz CT molecular complexity index is 127. The van der Waals surface area contributed by atoms with Crippen molar-refractivity contribution in [2.75, 3.05) is 14.1 Å². The van der Waals surface area contributed by atoms with Crippen LogP contribution in [0.4, 0.5) is 0 Å². The first-order valence-corrected chi connectivity index (χ1v) is 4.07. The van der Waals surface area contributed by atoms with Crippen molar-refractivity contribution in [1.82, 2.24) is 0 Å². The van der Waals surface area contributed by atoms with E-state index in [0.717, 1.165) is 19.3 Å². The van der Waals surface area contributed by atoms with Gasteiger partial charge in [0.1, 0.15) is 0 Å². The molecule has 11 heavy (non-hydrogen) atoms. The van der Waals surface area contributed by atoms with Gasteiger partial charge in [-0.1, -0.05) is 19.8 Å². The number of carbonyl (C=O) groups excluding carboxylic acids is 1. The largest absolute Gasteiger partial charge is 0.626 e.